The van der Waals surface area contributed by atoms with E-state index in [2.05, 4.69) is 22.1 Å². The van der Waals surface area contributed by atoms with Gasteiger partial charge < -0.3 is 9.88 Å². The lowest BCUT2D eigenvalue weighted by Crippen LogP contribution is -2.30. The monoisotopic (exact) mass is 319 g/mol. The van der Waals surface area contributed by atoms with Crippen LogP contribution in [0.25, 0.3) is 11.0 Å². The highest BCUT2D eigenvalue weighted by molar-refractivity contribution is 5.78. The van der Waals surface area contributed by atoms with Crippen LogP contribution in [0, 0.1) is 0 Å². The standard InChI is InChI=1S/C20H21N3O/c24-20(13-12-19-21-16-9-4-5-10-17(16)22-19)23-14-6-11-18(23)15-7-2-1-3-8-15/h1-5,7-10,18H,6,11-14H2,(H,21,22)/t18-/m1/s1. The van der Waals surface area contributed by atoms with Crippen LogP contribution in [0.1, 0.15) is 36.7 Å². The number of rotatable bonds is 4. The first-order valence-electron chi connectivity index (χ1n) is 8.59. The number of benzene rings is 2. The number of nitrogens with zero attached hydrogens (tertiary/aromatic N) is 2. The van der Waals surface area contributed by atoms with Gasteiger partial charge in [0.2, 0.25) is 5.91 Å². The van der Waals surface area contributed by atoms with Gasteiger partial charge in [-0.2, -0.15) is 0 Å². The Hall–Kier alpha value is -2.62. The highest BCUT2D eigenvalue weighted by atomic mass is 16.2. The second kappa shape index (κ2) is 6.48. The van der Waals surface area contributed by atoms with Gasteiger partial charge in [-0.15, -0.1) is 0 Å². The van der Waals surface area contributed by atoms with Gasteiger partial charge in [0.25, 0.3) is 0 Å². The SMILES string of the molecule is O=C(CCc1nc2ccccc2[nH]1)N1CCC[C@@H]1c1ccccc1. The number of likely N-dealkylation sites (tertiary alicyclic amines) is 1. The second-order valence-corrected chi connectivity index (χ2v) is 6.36. The number of hydrogen-bond acceptors (Lipinski definition) is 2. The summed E-state index contributed by atoms with van der Waals surface area (Å²) >= 11 is 0. The summed E-state index contributed by atoms with van der Waals surface area (Å²) in [5, 5.41) is 0. The first-order valence-corrected chi connectivity index (χ1v) is 8.59. The minimum atomic E-state index is 0.224. The highest BCUT2D eigenvalue weighted by Gasteiger charge is 2.29. The topological polar surface area (TPSA) is 49.0 Å². The van der Waals surface area contributed by atoms with Gasteiger partial charge in [-0.1, -0.05) is 42.5 Å². The van der Waals surface area contributed by atoms with Crippen LogP contribution in [-0.4, -0.2) is 27.3 Å². The quantitative estimate of drug-likeness (QED) is 0.794. The molecule has 0 saturated carbocycles. The number of aromatic amines is 1. The van der Waals surface area contributed by atoms with Crippen molar-refractivity contribution in [3.8, 4) is 0 Å². The van der Waals surface area contributed by atoms with Crippen LogP contribution in [0.5, 0.6) is 0 Å². The average molecular weight is 319 g/mol. The van der Waals surface area contributed by atoms with Crippen molar-refractivity contribution < 1.29 is 4.79 Å². The lowest BCUT2D eigenvalue weighted by atomic mass is 10.0. The summed E-state index contributed by atoms with van der Waals surface area (Å²) in [6.45, 7) is 0.860. The molecule has 24 heavy (non-hydrogen) atoms. The third kappa shape index (κ3) is 2.92. The number of nitrogens with one attached hydrogen (secondary N) is 1. The number of hydrogen-bond donors (Lipinski definition) is 1. The maximum absolute atomic E-state index is 12.7. The number of imidazole rings is 1. The smallest absolute Gasteiger partial charge is 0.223 e. The molecule has 3 aromatic rings. The van der Waals surface area contributed by atoms with E-state index in [-0.39, 0.29) is 11.9 Å². The highest BCUT2D eigenvalue weighted by Crippen LogP contribution is 2.32. The summed E-state index contributed by atoms with van der Waals surface area (Å²) < 4.78 is 0. The van der Waals surface area contributed by atoms with Crippen molar-refractivity contribution in [3.63, 3.8) is 0 Å². The van der Waals surface area contributed by atoms with Crippen molar-refractivity contribution in [2.24, 2.45) is 0 Å². The van der Waals surface area contributed by atoms with Crippen LogP contribution in [0.3, 0.4) is 0 Å². The maximum atomic E-state index is 12.7. The van der Waals surface area contributed by atoms with E-state index in [1.54, 1.807) is 0 Å². The zero-order valence-electron chi connectivity index (χ0n) is 13.6. The molecule has 1 N–H and O–H groups in total. The Morgan fingerprint density at radius 2 is 1.92 bits per heavy atom. The van der Waals surface area contributed by atoms with Crippen molar-refractivity contribution in [3.05, 3.63) is 66.0 Å². The first-order chi connectivity index (χ1) is 11.8. The summed E-state index contributed by atoms with van der Waals surface area (Å²) in [4.78, 5) is 22.6. The molecule has 1 aromatic heterocycles. The van der Waals surface area contributed by atoms with Crippen LogP contribution >= 0.6 is 0 Å². The van der Waals surface area contributed by atoms with Gasteiger partial charge in [0.1, 0.15) is 5.82 Å². The van der Waals surface area contributed by atoms with E-state index < -0.39 is 0 Å². The minimum Gasteiger partial charge on any atom is -0.342 e. The fourth-order valence-corrected chi connectivity index (χ4v) is 3.58. The van der Waals surface area contributed by atoms with E-state index in [1.165, 1.54) is 5.56 Å². The number of carbonyl (C=O) groups excluding carboxylic acids is 1. The van der Waals surface area contributed by atoms with E-state index in [9.17, 15) is 4.79 Å². The molecule has 4 heteroatoms. The lowest BCUT2D eigenvalue weighted by Gasteiger charge is -2.25. The second-order valence-electron chi connectivity index (χ2n) is 6.36. The Morgan fingerprint density at radius 1 is 1.12 bits per heavy atom. The Labute approximate surface area is 141 Å². The maximum Gasteiger partial charge on any atom is 0.223 e. The molecule has 1 aliphatic rings. The van der Waals surface area contributed by atoms with Crippen molar-refractivity contribution in [1.82, 2.24) is 14.9 Å². The summed E-state index contributed by atoms with van der Waals surface area (Å²) in [5.41, 5.74) is 3.23. The molecular weight excluding hydrogens is 298 g/mol. The van der Waals surface area contributed by atoms with Crippen LogP contribution < -0.4 is 0 Å². The van der Waals surface area contributed by atoms with Crippen molar-refractivity contribution in [2.75, 3.05) is 6.54 Å². The molecule has 0 spiro atoms. The van der Waals surface area contributed by atoms with E-state index in [4.69, 9.17) is 0 Å². The van der Waals surface area contributed by atoms with E-state index in [0.29, 0.717) is 12.8 Å². The molecule has 2 aromatic carbocycles. The molecule has 122 valence electrons. The molecule has 1 saturated heterocycles. The molecule has 4 nitrogen and oxygen atoms in total. The number of aryl methyl sites for hydroxylation is 1. The van der Waals surface area contributed by atoms with E-state index >= 15 is 0 Å². The van der Waals surface area contributed by atoms with Crippen LogP contribution in [0.2, 0.25) is 0 Å². The lowest BCUT2D eigenvalue weighted by molar-refractivity contribution is -0.132. The normalized spacial score (nSPS) is 17.5. The Kier molecular flexibility index (Phi) is 4.03. The van der Waals surface area contributed by atoms with Gasteiger partial charge >= 0.3 is 0 Å². The molecule has 0 unspecified atom stereocenters. The van der Waals surface area contributed by atoms with Gasteiger partial charge in [-0.3, -0.25) is 4.79 Å². The summed E-state index contributed by atoms with van der Waals surface area (Å²) in [6.07, 6.45) is 3.30. The van der Waals surface area contributed by atoms with E-state index in [0.717, 1.165) is 36.2 Å². The minimum absolute atomic E-state index is 0.224. The van der Waals surface area contributed by atoms with Crippen LogP contribution in [0.4, 0.5) is 0 Å². The molecule has 1 amide bonds. The predicted octanol–water partition coefficient (Wildman–Crippen LogP) is 3.86. The molecule has 1 fully saturated rings. The van der Waals surface area contributed by atoms with Gasteiger partial charge in [0.05, 0.1) is 17.1 Å². The molecule has 2 heterocycles. The van der Waals surface area contributed by atoms with Gasteiger partial charge in [-0.25, -0.2) is 4.98 Å². The molecule has 1 aliphatic heterocycles. The Bertz CT molecular complexity index is 807. The molecule has 0 radical (unpaired) electrons. The van der Waals surface area contributed by atoms with Crippen molar-refractivity contribution in [2.45, 2.75) is 31.7 Å². The number of carbonyl (C=O) groups is 1. The summed E-state index contributed by atoms with van der Waals surface area (Å²) in [7, 11) is 0. The summed E-state index contributed by atoms with van der Waals surface area (Å²) in [5.74, 6) is 1.11. The van der Waals surface area contributed by atoms with E-state index in [1.807, 2.05) is 47.4 Å². The van der Waals surface area contributed by atoms with Gasteiger partial charge in [-0.05, 0) is 30.5 Å². The number of amides is 1. The van der Waals surface area contributed by atoms with Crippen LogP contribution in [-0.2, 0) is 11.2 Å². The summed E-state index contributed by atoms with van der Waals surface area (Å²) in [6, 6.07) is 18.6. The number of H-pyrrole nitrogens is 1. The molecule has 1 atom stereocenters. The predicted molar refractivity (Wildman–Crippen MR) is 94.5 cm³/mol. The fourth-order valence-electron chi connectivity index (χ4n) is 3.58. The largest absolute Gasteiger partial charge is 0.342 e. The van der Waals surface area contributed by atoms with Crippen molar-refractivity contribution in [1.29, 1.82) is 0 Å². The molecule has 0 bridgehead atoms. The third-order valence-electron chi connectivity index (χ3n) is 4.77. The Balaban J connectivity index is 1.43. The Morgan fingerprint density at radius 3 is 2.75 bits per heavy atom. The fraction of sp³-hybridized carbons (Fsp3) is 0.300. The number of para-hydroxylation sites is 2. The van der Waals surface area contributed by atoms with Crippen molar-refractivity contribution >= 4 is 16.9 Å². The van der Waals surface area contributed by atoms with Gasteiger partial charge in [0, 0.05) is 19.4 Å². The van der Waals surface area contributed by atoms with Crippen LogP contribution in [0.15, 0.2) is 54.6 Å². The average Bonchev–Trinajstić information content (AvgIpc) is 3.27. The third-order valence-corrected chi connectivity index (χ3v) is 4.77. The molecular formula is C20H21N3O. The molecule has 0 aliphatic carbocycles. The van der Waals surface area contributed by atoms with Gasteiger partial charge in [0.15, 0.2) is 0 Å². The number of aromatic nitrogens is 2. The first kappa shape index (κ1) is 14.9. The molecule has 4 rings (SSSR count). The number of fused-ring (bicyclic) bond motifs is 1. The zero-order valence-corrected chi connectivity index (χ0v) is 13.6. The zero-order chi connectivity index (χ0) is 16.4.